The van der Waals surface area contributed by atoms with Crippen molar-refractivity contribution in [2.45, 2.75) is 92.4 Å². The maximum Gasteiger partial charge on any atom is 0.204 e. The van der Waals surface area contributed by atoms with Crippen LogP contribution in [0.5, 0.6) is 23.0 Å². The molecule has 1 aliphatic heterocycles. The van der Waals surface area contributed by atoms with E-state index in [1.807, 2.05) is 6.07 Å². The highest BCUT2D eigenvalue weighted by atomic mass is 16.6. The smallest absolute Gasteiger partial charge is 0.204 e. The maximum atomic E-state index is 9.20. The van der Waals surface area contributed by atoms with E-state index in [1.54, 1.807) is 24.3 Å². The molecule has 37 heavy (non-hydrogen) atoms. The van der Waals surface area contributed by atoms with Gasteiger partial charge in [0.1, 0.15) is 24.7 Å². The third-order valence-corrected chi connectivity index (χ3v) is 5.60. The van der Waals surface area contributed by atoms with Gasteiger partial charge in [0.2, 0.25) is 6.41 Å². The van der Waals surface area contributed by atoms with E-state index >= 15 is 0 Å². The van der Waals surface area contributed by atoms with Crippen LogP contribution in [0.1, 0.15) is 91.5 Å². The molecule has 1 aliphatic rings. The molecule has 0 atom stereocenters. The Kier molecular flexibility index (Phi) is 21.7. The molecule has 0 bridgehead atoms. The minimum atomic E-state index is 0.250. The van der Waals surface area contributed by atoms with Gasteiger partial charge in [-0.3, -0.25) is 4.79 Å². The Bertz CT molecular complexity index is 789. The highest BCUT2D eigenvalue weighted by molar-refractivity contribution is 5.43. The number of aromatic hydroxyl groups is 1. The van der Waals surface area contributed by atoms with Crippen LogP contribution in [0.3, 0.4) is 0 Å². The standard InChI is InChI=1S/C18H20O4.C7H16.C5H12.CH3NO/c19-15-5-7-16(8-6-15)20-10-2-1-3-14-4-9-17-18(13-14)22-12-11-21-17;1-3-5-7-6-4-2;1-4-5(2)3;2-1-3/h4-9,13,19H,1-3,10-12H2;3-7H2,1-2H3;5H,4H2,1-3H3;1H,(H2,2,3). The van der Waals surface area contributed by atoms with Crippen LogP contribution in [0.15, 0.2) is 42.5 Å². The van der Waals surface area contributed by atoms with Crippen molar-refractivity contribution in [3.63, 3.8) is 0 Å². The van der Waals surface area contributed by atoms with Crippen LogP contribution in [0.25, 0.3) is 0 Å². The van der Waals surface area contributed by atoms with E-state index in [0.29, 0.717) is 19.8 Å². The third-order valence-electron chi connectivity index (χ3n) is 5.60. The molecule has 0 unspecified atom stereocenters. The molecule has 0 saturated carbocycles. The molecule has 210 valence electrons. The number of aryl methyl sites for hydroxylation is 1. The molecule has 2 aromatic rings. The average molecular weight is 518 g/mol. The Morgan fingerprint density at radius 2 is 1.46 bits per heavy atom. The lowest BCUT2D eigenvalue weighted by atomic mass is 10.1. The Hall–Kier alpha value is -2.89. The summed E-state index contributed by atoms with van der Waals surface area (Å²) in [6.07, 6.45) is 11.6. The highest BCUT2D eigenvalue weighted by Crippen LogP contribution is 2.31. The number of unbranched alkanes of at least 4 members (excludes halogenated alkanes) is 5. The zero-order valence-electron chi connectivity index (χ0n) is 23.8. The normalized spacial score (nSPS) is 11.1. The number of hydrogen-bond acceptors (Lipinski definition) is 5. The van der Waals surface area contributed by atoms with Crippen molar-refractivity contribution in [1.29, 1.82) is 0 Å². The number of carbonyl (C=O) groups is 1. The molecule has 0 spiro atoms. The fourth-order valence-electron chi connectivity index (χ4n) is 3.08. The predicted molar refractivity (Wildman–Crippen MR) is 154 cm³/mol. The van der Waals surface area contributed by atoms with Crippen LogP contribution < -0.4 is 19.9 Å². The molecule has 0 saturated heterocycles. The molecule has 2 aromatic carbocycles. The molecule has 3 rings (SSSR count). The number of benzene rings is 2. The van der Waals surface area contributed by atoms with Crippen LogP contribution in [0.2, 0.25) is 0 Å². The van der Waals surface area contributed by atoms with Crippen molar-refractivity contribution in [1.82, 2.24) is 0 Å². The van der Waals surface area contributed by atoms with Crippen molar-refractivity contribution in [2.75, 3.05) is 19.8 Å². The molecule has 6 heteroatoms. The van der Waals surface area contributed by atoms with E-state index in [9.17, 15) is 5.11 Å². The Balaban J connectivity index is 0.000000714. The molecule has 0 aromatic heterocycles. The van der Waals surface area contributed by atoms with Gasteiger partial charge in [0.05, 0.1) is 6.61 Å². The first-order chi connectivity index (χ1) is 17.9. The number of phenols is 1. The average Bonchev–Trinajstić information content (AvgIpc) is 2.91. The molecular weight excluding hydrogens is 466 g/mol. The number of hydrogen-bond donors (Lipinski definition) is 2. The lowest BCUT2D eigenvalue weighted by Gasteiger charge is -2.18. The van der Waals surface area contributed by atoms with Gasteiger partial charge >= 0.3 is 0 Å². The first-order valence-electron chi connectivity index (χ1n) is 13.9. The van der Waals surface area contributed by atoms with E-state index in [2.05, 4.69) is 52.5 Å². The van der Waals surface area contributed by atoms with E-state index in [0.717, 1.165) is 42.4 Å². The van der Waals surface area contributed by atoms with Crippen molar-refractivity contribution >= 4 is 6.41 Å². The largest absolute Gasteiger partial charge is 0.508 e. The van der Waals surface area contributed by atoms with Gasteiger partial charge in [0.25, 0.3) is 0 Å². The molecule has 0 aliphatic carbocycles. The summed E-state index contributed by atoms with van der Waals surface area (Å²) in [5.41, 5.74) is 5.42. The number of rotatable bonds is 11. The number of ether oxygens (including phenoxy) is 3. The molecular formula is C31H51NO5. The van der Waals surface area contributed by atoms with Crippen LogP contribution >= 0.6 is 0 Å². The van der Waals surface area contributed by atoms with Crippen LogP contribution in [0.4, 0.5) is 0 Å². The highest BCUT2D eigenvalue weighted by Gasteiger charge is 2.11. The first-order valence-corrected chi connectivity index (χ1v) is 13.9. The summed E-state index contributed by atoms with van der Waals surface area (Å²) in [6.45, 7) is 13.1. The van der Waals surface area contributed by atoms with Gasteiger partial charge in [0, 0.05) is 0 Å². The maximum absolute atomic E-state index is 9.20. The van der Waals surface area contributed by atoms with Crippen LogP contribution in [-0.2, 0) is 11.2 Å². The topological polar surface area (TPSA) is 91.0 Å². The first kappa shape index (κ1) is 34.1. The van der Waals surface area contributed by atoms with E-state index in [-0.39, 0.29) is 12.2 Å². The molecule has 0 radical (unpaired) electrons. The number of carbonyl (C=O) groups excluding carboxylic acids is 1. The number of fused-ring (bicyclic) bond motifs is 1. The fourth-order valence-corrected chi connectivity index (χ4v) is 3.08. The second kappa shape index (κ2) is 23.5. The Morgan fingerprint density at radius 1 is 0.892 bits per heavy atom. The van der Waals surface area contributed by atoms with Gasteiger partial charge in [-0.1, -0.05) is 79.2 Å². The third kappa shape index (κ3) is 19.0. The summed E-state index contributed by atoms with van der Waals surface area (Å²) >= 11 is 0. The SMILES string of the molecule is CCC(C)C.CCCCCCC.NC=O.Oc1ccc(OCCCCc2ccc3c(c2)OCCO3)cc1. The lowest BCUT2D eigenvalue weighted by Crippen LogP contribution is -2.15. The summed E-state index contributed by atoms with van der Waals surface area (Å²) in [5, 5.41) is 9.20. The zero-order chi connectivity index (χ0) is 27.7. The summed E-state index contributed by atoms with van der Waals surface area (Å²) in [5.74, 6) is 3.62. The molecule has 1 amide bonds. The molecule has 3 N–H and O–H groups in total. The summed E-state index contributed by atoms with van der Waals surface area (Å²) < 4.78 is 16.7. The molecule has 0 fully saturated rings. The van der Waals surface area contributed by atoms with Crippen LogP contribution in [-0.4, -0.2) is 31.3 Å². The van der Waals surface area contributed by atoms with E-state index < -0.39 is 0 Å². The molecule has 6 nitrogen and oxygen atoms in total. The summed E-state index contributed by atoms with van der Waals surface area (Å²) in [6, 6.07) is 12.9. The van der Waals surface area contributed by atoms with E-state index in [4.69, 9.17) is 19.0 Å². The number of amides is 1. The minimum Gasteiger partial charge on any atom is -0.508 e. The number of primary amides is 1. The second-order valence-electron chi connectivity index (χ2n) is 9.28. The van der Waals surface area contributed by atoms with Gasteiger partial charge in [-0.25, -0.2) is 0 Å². The Morgan fingerprint density at radius 3 is 2.00 bits per heavy atom. The van der Waals surface area contributed by atoms with Crippen LogP contribution in [0, 0.1) is 5.92 Å². The minimum absolute atomic E-state index is 0.250. The van der Waals surface area contributed by atoms with Gasteiger partial charge in [-0.2, -0.15) is 0 Å². The van der Waals surface area contributed by atoms with Crippen molar-refractivity contribution in [3.8, 4) is 23.0 Å². The summed E-state index contributed by atoms with van der Waals surface area (Å²) in [7, 11) is 0. The lowest BCUT2D eigenvalue weighted by molar-refractivity contribution is -0.106. The predicted octanol–water partition coefficient (Wildman–Crippen LogP) is 7.70. The van der Waals surface area contributed by atoms with Crippen molar-refractivity contribution in [3.05, 3.63) is 48.0 Å². The Labute approximate surface area is 225 Å². The second-order valence-corrected chi connectivity index (χ2v) is 9.28. The van der Waals surface area contributed by atoms with Gasteiger partial charge in [-0.15, -0.1) is 0 Å². The van der Waals surface area contributed by atoms with Crippen molar-refractivity contribution < 1.29 is 24.1 Å². The number of nitrogens with two attached hydrogens (primary N) is 1. The fraction of sp³-hybridized carbons (Fsp3) is 0.581. The zero-order valence-corrected chi connectivity index (χ0v) is 23.8. The van der Waals surface area contributed by atoms with Gasteiger partial charge in [-0.05, 0) is 67.1 Å². The summed E-state index contributed by atoms with van der Waals surface area (Å²) in [4.78, 5) is 8.58. The van der Waals surface area contributed by atoms with Gasteiger partial charge in [0.15, 0.2) is 11.5 Å². The van der Waals surface area contributed by atoms with E-state index in [1.165, 1.54) is 44.1 Å². The van der Waals surface area contributed by atoms with Crippen molar-refractivity contribution in [2.24, 2.45) is 11.7 Å². The van der Waals surface area contributed by atoms with Gasteiger partial charge < -0.3 is 25.1 Å². The number of phenolic OH excluding ortho intramolecular Hbond substituents is 1. The quantitative estimate of drug-likeness (QED) is 0.235. The monoisotopic (exact) mass is 517 g/mol. The molecule has 1 heterocycles.